The van der Waals surface area contributed by atoms with Crippen molar-refractivity contribution in [1.82, 2.24) is 14.9 Å². The molecule has 1 N–H and O–H groups in total. The minimum absolute atomic E-state index is 0.0890. The van der Waals surface area contributed by atoms with Crippen molar-refractivity contribution in [3.8, 4) is 0 Å². The largest absolute Gasteiger partial charge is 0.319 e. The number of hydrogen-bond acceptors (Lipinski definition) is 3. The molecule has 1 aliphatic rings. The number of fused-ring (bicyclic) bond motifs is 1. The number of nitrogens with one attached hydrogen (secondary N) is 1. The highest BCUT2D eigenvalue weighted by Crippen LogP contribution is 2.30. The number of rotatable bonds is 5. The van der Waals surface area contributed by atoms with Crippen LogP contribution in [0.25, 0.3) is 11.0 Å². The van der Waals surface area contributed by atoms with Crippen LogP contribution in [0.1, 0.15) is 42.6 Å². The Morgan fingerprint density at radius 1 is 1.15 bits per heavy atom. The van der Waals surface area contributed by atoms with E-state index in [0.717, 1.165) is 35.6 Å². The topological polar surface area (TPSA) is 49.0 Å². The Morgan fingerprint density at radius 3 is 2.59 bits per heavy atom. The predicted molar refractivity (Wildman–Crippen MR) is 110 cm³/mol. The average Bonchev–Trinajstić information content (AvgIpc) is 3.21. The van der Waals surface area contributed by atoms with Crippen molar-refractivity contribution >= 4 is 22.6 Å². The summed E-state index contributed by atoms with van der Waals surface area (Å²) in [6.45, 7) is 4.22. The number of hydrogen-bond donors (Lipinski definition) is 1. The van der Waals surface area contributed by atoms with E-state index < -0.39 is 0 Å². The second kappa shape index (κ2) is 7.83. The van der Waals surface area contributed by atoms with Crippen LogP contribution in [0.3, 0.4) is 0 Å². The Bertz CT molecular complexity index is 991. The van der Waals surface area contributed by atoms with Crippen LogP contribution in [0.2, 0.25) is 5.02 Å². The third-order valence-electron chi connectivity index (χ3n) is 5.43. The van der Waals surface area contributed by atoms with Crippen molar-refractivity contribution in [2.75, 3.05) is 13.1 Å². The number of aryl methyl sites for hydroxylation is 1. The van der Waals surface area contributed by atoms with E-state index in [4.69, 9.17) is 11.6 Å². The molecule has 1 aromatic heterocycles. The molecule has 0 spiro atoms. The lowest BCUT2D eigenvalue weighted by atomic mass is 9.97. The Hall–Kier alpha value is -2.17. The summed E-state index contributed by atoms with van der Waals surface area (Å²) in [5.41, 5.74) is 4.69. The number of likely N-dealkylation sites (tertiary alicyclic amines) is 1. The molecule has 1 fully saturated rings. The summed E-state index contributed by atoms with van der Waals surface area (Å²) in [5, 5.41) is 0.768. The lowest BCUT2D eigenvalue weighted by Gasteiger charge is -2.28. The first-order chi connectivity index (χ1) is 13.1. The second-order valence-corrected chi connectivity index (χ2v) is 7.67. The molecule has 140 valence electrons. The lowest BCUT2D eigenvalue weighted by molar-refractivity contribution is 0.244. The van der Waals surface area contributed by atoms with Crippen molar-refractivity contribution in [2.24, 2.45) is 0 Å². The Kier molecular flexibility index (Phi) is 5.28. The molecule has 3 aromatic rings. The van der Waals surface area contributed by atoms with Gasteiger partial charge in [-0.1, -0.05) is 36.7 Å². The highest BCUT2D eigenvalue weighted by molar-refractivity contribution is 6.30. The summed E-state index contributed by atoms with van der Waals surface area (Å²) in [6.07, 6.45) is 4.06. The number of aromatic amines is 1. The van der Waals surface area contributed by atoms with Gasteiger partial charge >= 0.3 is 0 Å². The van der Waals surface area contributed by atoms with Crippen LogP contribution in [-0.2, 0) is 12.8 Å². The molecule has 0 aliphatic carbocycles. The zero-order chi connectivity index (χ0) is 18.8. The van der Waals surface area contributed by atoms with E-state index in [9.17, 15) is 4.79 Å². The van der Waals surface area contributed by atoms with Gasteiger partial charge in [-0.15, -0.1) is 0 Å². The molecule has 2 heterocycles. The van der Waals surface area contributed by atoms with E-state index in [0.29, 0.717) is 18.2 Å². The number of aromatic nitrogens is 2. The molecule has 4 rings (SSSR count). The van der Waals surface area contributed by atoms with Crippen molar-refractivity contribution in [2.45, 2.75) is 38.6 Å². The van der Waals surface area contributed by atoms with E-state index in [1.54, 1.807) is 0 Å². The number of halogens is 1. The summed E-state index contributed by atoms with van der Waals surface area (Å²) in [5.74, 6) is 0. The van der Waals surface area contributed by atoms with Gasteiger partial charge in [0.2, 0.25) is 0 Å². The van der Waals surface area contributed by atoms with Gasteiger partial charge in [0.05, 0.1) is 11.0 Å². The molecule has 2 aromatic carbocycles. The van der Waals surface area contributed by atoms with E-state index in [1.165, 1.54) is 24.0 Å². The summed E-state index contributed by atoms with van der Waals surface area (Å²) in [6, 6.07) is 14.7. The fraction of sp³-hybridized carbons (Fsp3) is 0.364. The van der Waals surface area contributed by atoms with Crippen LogP contribution >= 0.6 is 11.6 Å². The Morgan fingerprint density at radius 2 is 1.89 bits per heavy atom. The molecule has 5 heteroatoms. The van der Waals surface area contributed by atoms with Crippen LogP contribution in [0.4, 0.5) is 0 Å². The van der Waals surface area contributed by atoms with Gasteiger partial charge in [0.15, 0.2) is 0 Å². The molecule has 4 nitrogen and oxygen atoms in total. The molecule has 0 saturated carbocycles. The van der Waals surface area contributed by atoms with Crippen molar-refractivity contribution in [3.63, 3.8) is 0 Å². The fourth-order valence-electron chi connectivity index (χ4n) is 3.95. The summed E-state index contributed by atoms with van der Waals surface area (Å²) in [7, 11) is 0. The first kappa shape index (κ1) is 18.2. The maximum Gasteiger partial charge on any atom is 0.270 e. The van der Waals surface area contributed by atoms with Gasteiger partial charge in [0, 0.05) is 11.1 Å². The average molecular weight is 382 g/mol. The fourth-order valence-corrected chi connectivity index (χ4v) is 4.08. The van der Waals surface area contributed by atoms with Gasteiger partial charge in [0.25, 0.3) is 5.56 Å². The predicted octanol–water partition coefficient (Wildman–Crippen LogP) is 4.52. The van der Waals surface area contributed by atoms with E-state index in [2.05, 4.69) is 39.1 Å². The lowest BCUT2D eigenvalue weighted by Crippen LogP contribution is -2.27. The zero-order valence-electron chi connectivity index (χ0n) is 15.5. The van der Waals surface area contributed by atoms with Crippen LogP contribution in [-0.4, -0.2) is 28.0 Å². The number of nitrogens with zero attached hydrogens (tertiary/aromatic N) is 2. The van der Waals surface area contributed by atoms with Gasteiger partial charge in [-0.3, -0.25) is 9.69 Å². The molecule has 1 saturated heterocycles. The Labute approximate surface area is 164 Å². The number of H-pyrrole nitrogens is 1. The first-order valence-corrected chi connectivity index (χ1v) is 10.0. The number of benzene rings is 2. The smallest absolute Gasteiger partial charge is 0.270 e. The molecule has 1 unspecified atom stereocenters. The van der Waals surface area contributed by atoms with Crippen LogP contribution in [0.15, 0.2) is 47.3 Å². The molecule has 1 atom stereocenters. The maximum atomic E-state index is 12.0. The SMILES string of the molecule is CCc1nc2cc(CC(c3ccc(Cl)cc3)N3CCCC3)ccc2[nH]c1=O. The highest BCUT2D eigenvalue weighted by atomic mass is 35.5. The second-order valence-electron chi connectivity index (χ2n) is 7.23. The van der Waals surface area contributed by atoms with Gasteiger partial charge in [-0.25, -0.2) is 4.98 Å². The summed E-state index contributed by atoms with van der Waals surface area (Å²) >= 11 is 6.09. The molecule has 0 amide bonds. The van der Waals surface area contributed by atoms with Crippen LogP contribution < -0.4 is 5.56 Å². The van der Waals surface area contributed by atoms with E-state index in [-0.39, 0.29) is 5.56 Å². The van der Waals surface area contributed by atoms with Gasteiger partial charge in [-0.05, 0) is 74.2 Å². The molecule has 0 radical (unpaired) electrons. The molecular formula is C22H24ClN3O. The van der Waals surface area contributed by atoms with Gasteiger partial charge < -0.3 is 4.98 Å². The highest BCUT2D eigenvalue weighted by Gasteiger charge is 2.24. The molecule has 27 heavy (non-hydrogen) atoms. The third-order valence-corrected chi connectivity index (χ3v) is 5.68. The van der Waals surface area contributed by atoms with Gasteiger partial charge in [-0.2, -0.15) is 0 Å². The minimum Gasteiger partial charge on any atom is -0.319 e. The van der Waals surface area contributed by atoms with Crippen molar-refractivity contribution in [1.29, 1.82) is 0 Å². The molecular weight excluding hydrogens is 358 g/mol. The monoisotopic (exact) mass is 381 g/mol. The molecule has 1 aliphatic heterocycles. The van der Waals surface area contributed by atoms with Crippen molar-refractivity contribution < 1.29 is 0 Å². The quantitative estimate of drug-likeness (QED) is 0.706. The van der Waals surface area contributed by atoms with Gasteiger partial charge in [0.1, 0.15) is 5.69 Å². The molecule has 0 bridgehead atoms. The van der Waals surface area contributed by atoms with Crippen LogP contribution in [0.5, 0.6) is 0 Å². The summed E-state index contributed by atoms with van der Waals surface area (Å²) < 4.78 is 0. The summed E-state index contributed by atoms with van der Waals surface area (Å²) in [4.78, 5) is 22.0. The third kappa shape index (κ3) is 3.92. The standard InChI is InChI=1S/C22H24ClN3O/c1-2-18-22(27)25-19-10-5-15(13-20(19)24-18)14-21(26-11-3-4-12-26)16-6-8-17(23)9-7-16/h5-10,13,21H,2-4,11-12,14H2,1H3,(H,25,27). The Balaban J connectivity index is 1.68. The van der Waals surface area contributed by atoms with Crippen molar-refractivity contribution in [3.05, 3.63) is 74.7 Å². The normalized spacial score (nSPS) is 16.1. The van der Waals surface area contributed by atoms with E-state index >= 15 is 0 Å². The van der Waals surface area contributed by atoms with Crippen LogP contribution in [0, 0.1) is 0 Å². The van der Waals surface area contributed by atoms with E-state index in [1.807, 2.05) is 25.1 Å². The minimum atomic E-state index is -0.0890. The first-order valence-electron chi connectivity index (χ1n) is 9.65. The zero-order valence-corrected chi connectivity index (χ0v) is 16.3. The maximum absolute atomic E-state index is 12.0.